The molecule has 0 spiro atoms. The molecule has 110 valence electrons. The van der Waals surface area contributed by atoms with Gasteiger partial charge in [0, 0.05) is 13.1 Å². The van der Waals surface area contributed by atoms with E-state index in [-0.39, 0.29) is 24.4 Å². The molecule has 0 aromatic heterocycles. The second kappa shape index (κ2) is 5.67. The van der Waals surface area contributed by atoms with Crippen molar-refractivity contribution in [2.24, 2.45) is 0 Å². The van der Waals surface area contributed by atoms with Gasteiger partial charge in [0.2, 0.25) is 0 Å². The monoisotopic (exact) mass is 271 g/mol. The maximum Gasteiger partial charge on any atom is 0.410 e. The first-order chi connectivity index (χ1) is 8.83. The zero-order valence-corrected chi connectivity index (χ0v) is 12.1. The number of aliphatic hydroxyl groups excluding tert-OH is 1. The number of carbonyl (C=O) groups is 1. The van der Waals surface area contributed by atoms with Crippen LogP contribution in [0.2, 0.25) is 0 Å². The van der Waals surface area contributed by atoms with E-state index in [2.05, 4.69) is 0 Å². The molecule has 0 bridgehead atoms. The minimum atomic E-state index is -0.438. The first-order valence-corrected chi connectivity index (χ1v) is 7.15. The van der Waals surface area contributed by atoms with Crippen LogP contribution < -0.4 is 0 Å². The topological polar surface area (TPSA) is 59.0 Å². The van der Waals surface area contributed by atoms with Crippen molar-refractivity contribution in [3.05, 3.63) is 0 Å². The standard InChI is InChI=1S/C14H25NO4/c1-14(2,3)19-13(17)15-6-4-11(5-7-15)18-12-8-10(16)9-12/h10-12,16H,4-9H2,1-3H3/t10-,12+. The van der Waals surface area contributed by atoms with Gasteiger partial charge in [-0.15, -0.1) is 0 Å². The van der Waals surface area contributed by atoms with Crippen molar-refractivity contribution in [2.45, 2.75) is 70.4 Å². The van der Waals surface area contributed by atoms with Gasteiger partial charge in [0.05, 0.1) is 18.3 Å². The summed E-state index contributed by atoms with van der Waals surface area (Å²) in [4.78, 5) is 13.6. The summed E-state index contributed by atoms with van der Waals surface area (Å²) in [5.41, 5.74) is -0.438. The molecule has 2 aliphatic rings. The van der Waals surface area contributed by atoms with E-state index >= 15 is 0 Å². The van der Waals surface area contributed by atoms with E-state index in [0.29, 0.717) is 13.1 Å². The van der Waals surface area contributed by atoms with E-state index in [1.54, 1.807) is 4.90 Å². The van der Waals surface area contributed by atoms with E-state index in [4.69, 9.17) is 9.47 Å². The Balaban J connectivity index is 1.68. The average molecular weight is 271 g/mol. The molecule has 5 heteroatoms. The second-order valence-corrected chi connectivity index (χ2v) is 6.55. The minimum absolute atomic E-state index is 0.174. The SMILES string of the molecule is CC(C)(C)OC(=O)N1CCC(O[C@H]2C[C@@H](O)C2)CC1. The number of piperidine rings is 1. The van der Waals surface area contributed by atoms with Crippen molar-refractivity contribution < 1.29 is 19.4 Å². The van der Waals surface area contributed by atoms with Crippen LogP contribution in [0.1, 0.15) is 46.5 Å². The molecule has 19 heavy (non-hydrogen) atoms. The zero-order chi connectivity index (χ0) is 14.0. The molecular formula is C14H25NO4. The van der Waals surface area contributed by atoms with Crippen molar-refractivity contribution in [1.29, 1.82) is 0 Å². The van der Waals surface area contributed by atoms with Gasteiger partial charge in [-0.3, -0.25) is 0 Å². The number of carbonyl (C=O) groups excluding carboxylic acids is 1. The van der Waals surface area contributed by atoms with Gasteiger partial charge in [-0.25, -0.2) is 4.79 Å². The van der Waals surface area contributed by atoms with Gasteiger partial charge in [0.1, 0.15) is 5.60 Å². The van der Waals surface area contributed by atoms with Crippen LogP contribution in [0.15, 0.2) is 0 Å². The zero-order valence-electron chi connectivity index (χ0n) is 12.1. The lowest BCUT2D eigenvalue weighted by molar-refractivity contribution is -0.116. The maximum atomic E-state index is 11.9. The van der Waals surface area contributed by atoms with Crippen molar-refractivity contribution >= 4 is 6.09 Å². The van der Waals surface area contributed by atoms with Crippen LogP contribution in [0.5, 0.6) is 0 Å². The summed E-state index contributed by atoms with van der Waals surface area (Å²) in [6, 6.07) is 0. The van der Waals surface area contributed by atoms with E-state index < -0.39 is 5.60 Å². The molecule has 1 heterocycles. The molecule has 1 aliphatic carbocycles. The predicted molar refractivity (Wildman–Crippen MR) is 70.9 cm³/mol. The number of hydrogen-bond donors (Lipinski definition) is 1. The number of hydrogen-bond acceptors (Lipinski definition) is 4. The van der Waals surface area contributed by atoms with Crippen molar-refractivity contribution in [3.63, 3.8) is 0 Å². The highest BCUT2D eigenvalue weighted by atomic mass is 16.6. The Morgan fingerprint density at radius 1 is 1.16 bits per heavy atom. The molecule has 2 rings (SSSR count). The van der Waals surface area contributed by atoms with Crippen LogP contribution in [0.3, 0.4) is 0 Å². The van der Waals surface area contributed by atoms with Crippen LogP contribution in [-0.4, -0.2) is 53.1 Å². The van der Waals surface area contributed by atoms with Crippen molar-refractivity contribution in [1.82, 2.24) is 4.90 Å². The molecule has 0 unspecified atom stereocenters. The molecule has 0 radical (unpaired) electrons. The minimum Gasteiger partial charge on any atom is -0.444 e. The van der Waals surface area contributed by atoms with Gasteiger partial charge in [-0.05, 0) is 46.5 Å². The lowest BCUT2D eigenvalue weighted by atomic mass is 9.92. The molecule has 1 saturated heterocycles. The Bertz CT molecular complexity index is 312. The highest BCUT2D eigenvalue weighted by Crippen LogP contribution is 2.27. The Hall–Kier alpha value is -0.810. The first-order valence-electron chi connectivity index (χ1n) is 7.15. The maximum absolute atomic E-state index is 11.9. The average Bonchev–Trinajstić information content (AvgIpc) is 2.25. The second-order valence-electron chi connectivity index (χ2n) is 6.55. The quantitative estimate of drug-likeness (QED) is 0.833. The summed E-state index contributed by atoms with van der Waals surface area (Å²) in [6.45, 7) is 7.01. The largest absolute Gasteiger partial charge is 0.444 e. The molecule has 1 aliphatic heterocycles. The summed E-state index contributed by atoms with van der Waals surface area (Å²) < 4.78 is 11.2. The fourth-order valence-electron chi connectivity index (χ4n) is 2.42. The highest BCUT2D eigenvalue weighted by Gasteiger charge is 2.33. The lowest BCUT2D eigenvalue weighted by Gasteiger charge is -2.38. The number of likely N-dealkylation sites (tertiary alicyclic amines) is 1. The fraction of sp³-hybridized carbons (Fsp3) is 0.929. The number of nitrogens with zero attached hydrogens (tertiary/aromatic N) is 1. The fourth-order valence-corrected chi connectivity index (χ4v) is 2.42. The van der Waals surface area contributed by atoms with Gasteiger partial charge in [0.15, 0.2) is 0 Å². The number of aliphatic hydroxyl groups is 1. The van der Waals surface area contributed by atoms with E-state index in [1.165, 1.54) is 0 Å². The first kappa shape index (κ1) is 14.6. The summed E-state index contributed by atoms with van der Waals surface area (Å²) in [7, 11) is 0. The van der Waals surface area contributed by atoms with E-state index in [1.807, 2.05) is 20.8 Å². The third-order valence-corrected chi connectivity index (χ3v) is 3.55. The van der Waals surface area contributed by atoms with Gasteiger partial charge < -0.3 is 19.5 Å². The van der Waals surface area contributed by atoms with Gasteiger partial charge in [-0.2, -0.15) is 0 Å². The molecule has 5 nitrogen and oxygen atoms in total. The Morgan fingerprint density at radius 2 is 1.74 bits per heavy atom. The van der Waals surface area contributed by atoms with Crippen LogP contribution in [0.25, 0.3) is 0 Å². The Kier molecular flexibility index (Phi) is 4.36. The molecular weight excluding hydrogens is 246 g/mol. The van der Waals surface area contributed by atoms with E-state index in [9.17, 15) is 9.90 Å². The summed E-state index contributed by atoms with van der Waals surface area (Å²) in [5, 5.41) is 9.22. The smallest absolute Gasteiger partial charge is 0.410 e. The summed E-state index contributed by atoms with van der Waals surface area (Å²) in [5.74, 6) is 0. The molecule has 0 aromatic rings. The van der Waals surface area contributed by atoms with E-state index in [0.717, 1.165) is 25.7 Å². The van der Waals surface area contributed by atoms with Crippen LogP contribution >= 0.6 is 0 Å². The van der Waals surface area contributed by atoms with Gasteiger partial charge in [0.25, 0.3) is 0 Å². The molecule has 1 amide bonds. The molecule has 2 fully saturated rings. The lowest BCUT2D eigenvalue weighted by Crippen LogP contribution is -2.45. The summed E-state index contributed by atoms with van der Waals surface area (Å²) >= 11 is 0. The molecule has 0 aromatic carbocycles. The van der Waals surface area contributed by atoms with Gasteiger partial charge in [-0.1, -0.05) is 0 Å². The highest BCUT2D eigenvalue weighted by molar-refractivity contribution is 5.68. The Morgan fingerprint density at radius 3 is 2.21 bits per heavy atom. The van der Waals surface area contributed by atoms with Gasteiger partial charge >= 0.3 is 6.09 Å². The number of rotatable bonds is 2. The van der Waals surface area contributed by atoms with Crippen molar-refractivity contribution in [3.8, 4) is 0 Å². The van der Waals surface area contributed by atoms with Crippen molar-refractivity contribution in [2.75, 3.05) is 13.1 Å². The predicted octanol–water partition coefficient (Wildman–Crippen LogP) is 1.93. The third-order valence-electron chi connectivity index (χ3n) is 3.55. The van der Waals surface area contributed by atoms with Crippen LogP contribution in [0, 0.1) is 0 Å². The summed E-state index contributed by atoms with van der Waals surface area (Å²) in [6.07, 6.45) is 3.25. The van der Waals surface area contributed by atoms with Crippen LogP contribution in [-0.2, 0) is 9.47 Å². The number of amides is 1. The third kappa shape index (κ3) is 4.35. The molecule has 0 atom stereocenters. The Labute approximate surface area is 114 Å². The number of ether oxygens (including phenoxy) is 2. The molecule has 1 N–H and O–H groups in total. The van der Waals surface area contributed by atoms with Crippen LogP contribution in [0.4, 0.5) is 4.79 Å². The normalized spacial score (nSPS) is 28.9. The molecule has 1 saturated carbocycles.